The van der Waals surface area contributed by atoms with Crippen molar-refractivity contribution in [3.63, 3.8) is 0 Å². The predicted octanol–water partition coefficient (Wildman–Crippen LogP) is 3.74. The van der Waals surface area contributed by atoms with Crippen LogP contribution in [0.25, 0.3) is 10.1 Å². The number of rotatable bonds is 4. The van der Waals surface area contributed by atoms with E-state index < -0.39 is 0 Å². The van der Waals surface area contributed by atoms with Gasteiger partial charge in [-0.05, 0) is 29.3 Å². The van der Waals surface area contributed by atoms with Gasteiger partial charge in [-0.25, -0.2) is 0 Å². The highest BCUT2D eigenvalue weighted by Gasteiger charge is 2.09. The Morgan fingerprint density at radius 1 is 1.47 bits per heavy atom. The summed E-state index contributed by atoms with van der Waals surface area (Å²) in [6, 6.07) is 8.93. The molecule has 78 valence electrons. The molecule has 0 aliphatic heterocycles. The number of hydrogen-bond donors (Lipinski definition) is 1. The van der Waals surface area contributed by atoms with Crippen molar-refractivity contribution < 1.29 is 0 Å². The van der Waals surface area contributed by atoms with Gasteiger partial charge in [0.25, 0.3) is 0 Å². The second-order valence-corrected chi connectivity index (χ2v) is 4.52. The van der Waals surface area contributed by atoms with Crippen LogP contribution in [-0.4, -0.2) is 6.54 Å². The topological polar surface area (TPSA) is 12.0 Å². The maximum absolute atomic E-state index is 3.72. The van der Waals surface area contributed by atoms with Crippen LogP contribution in [0, 0.1) is 0 Å². The van der Waals surface area contributed by atoms with E-state index in [1.54, 1.807) is 0 Å². The Labute approximate surface area is 94.4 Å². The summed E-state index contributed by atoms with van der Waals surface area (Å²) in [6.07, 6.45) is 1.89. The molecule has 1 aromatic carbocycles. The SMILES string of the molecule is C=CCNC(C)c1csc2ccccc12. The van der Waals surface area contributed by atoms with E-state index in [9.17, 15) is 0 Å². The van der Waals surface area contributed by atoms with E-state index in [2.05, 4.69) is 48.5 Å². The number of benzene rings is 1. The molecule has 2 aromatic rings. The van der Waals surface area contributed by atoms with Crippen LogP contribution in [0.3, 0.4) is 0 Å². The van der Waals surface area contributed by atoms with E-state index in [0.29, 0.717) is 6.04 Å². The molecule has 0 saturated heterocycles. The first-order valence-electron chi connectivity index (χ1n) is 5.13. The highest BCUT2D eigenvalue weighted by atomic mass is 32.1. The lowest BCUT2D eigenvalue weighted by Crippen LogP contribution is -2.17. The monoisotopic (exact) mass is 217 g/mol. The van der Waals surface area contributed by atoms with Gasteiger partial charge in [0.15, 0.2) is 0 Å². The minimum Gasteiger partial charge on any atom is -0.307 e. The second-order valence-electron chi connectivity index (χ2n) is 3.61. The number of nitrogens with one attached hydrogen (secondary N) is 1. The molecule has 0 aliphatic carbocycles. The average molecular weight is 217 g/mol. The quantitative estimate of drug-likeness (QED) is 0.769. The summed E-state index contributed by atoms with van der Waals surface area (Å²) in [5.74, 6) is 0. The third-order valence-corrected chi connectivity index (χ3v) is 3.53. The van der Waals surface area contributed by atoms with Crippen LogP contribution in [0.15, 0.2) is 42.3 Å². The predicted molar refractivity (Wildman–Crippen MR) is 68.4 cm³/mol. The van der Waals surface area contributed by atoms with Crippen LogP contribution in [-0.2, 0) is 0 Å². The standard InChI is InChI=1S/C13H15NS/c1-3-8-14-10(2)12-9-15-13-7-5-4-6-11(12)13/h3-7,9-10,14H,1,8H2,2H3. The summed E-state index contributed by atoms with van der Waals surface area (Å²) in [5, 5.41) is 7.02. The Balaban J connectivity index is 2.30. The Morgan fingerprint density at radius 3 is 3.07 bits per heavy atom. The fourth-order valence-corrected chi connectivity index (χ4v) is 2.76. The maximum Gasteiger partial charge on any atom is 0.0346 e. The van der Waals surface area contributed by atoms with Crippen molar-refractivity contribution in [3.8, 4) is 0 Å². The Morgan fingerprint density at radius 2 is 2.27 bits per heavy atom. The van der Waals surface area contributed by atoms with Gasteiger partial charge in [-0.3, -0.25) is 0 Å². The first kappa shape index (κ1) is 10.4. The van der Waals surface area contributed by atoms with Gasteiger partial charge >= 0.3 is 0 Å². The molecule has 0 radical (unpaired) electrons. The molecule has 1 heterocycles. The number of fused-ring (bicyclic) bond motifs is 1. The Kier molecular flexibility index (Phi) is 3.19. The highest BCUT2D eigenvalue weighted by Crippen LogP contribution is 2.29. The van der Waals surface area contributed by atoms with Crippen LogP contribution >= 0.6 is 11.3 Å². The van der Waals surface area contributed by atoms with Crippen molar-refractivity contribution in [2.45, 2.75) is 13.0 Å². The largest absolute Gasteiger partial charge is 0.307 e. The molecule has 0 bridgehead atoms. The molecule has 0 spiro atoms. The van der Waals surface area contributed by atoms with E-state index in [-0.39, 0.29) is 0 Å². The van der Waals surface area contributed by atoms with Crippen molar-refractivity contribution in [1.29, 1.82) is 0 Å². The maximum atomic E-state index is 3.72. The van der Waals surface area contributed by atoms with Crippen LogP contribution in [0.5, 0.6) is 0 Å². The zero-order valence-electron chi connectivity index (χ0n) is 8.86. The molecule has 2 heteroatoms. The van der Waals surface area contributed by atoms with Gasteiger partial charge in [-0.1, -0.05) is 24.3 Å². The lowest BCUT2D eigenvalue weighted by Gasteiger charge is -2.11. The summed E-state index contributed by atoms with van der Waals surface area (Å²) in [6.45, 7) is 6.76. The number of thiophene rings is 1. The summed E-state index contributed by atoms with van der Waals surface area (Å²) < 4.78 is 1.36. The molecule has 0 saturated carbocycles. The second kappa shape index (κ2) is 4.60. The molecule has 1 N–H and O–H groups in total. The number of hydrogen-bond acceptors (Lipinski definition) is 2. The summed E-state index contributed by atoms with van der Waals surface area (Å²) >= 11 is 1.81. The van der Waals surface area contributed by atoms with Gasteiger partial charge in [0.05, 0.1) is 0 Å². The van der Waals surface area contributed by atoms with E-state index in [1.165, 1.54) is 15.6 Å². The molecule has 0 amide bonds. The van der Waals surface area contributed by atoms with Gasteiger partial charge in [0.1, 0.15) is 0 Å². The van der Waals surface area contributed by atoms with Crippen molar-refractivity contribution >= 4 is 21.4 Å². The molecule has 1 atom stereocenters. The molecule has 2 rings (SSSR count). The summed E-state index contributed by atoms with van der Waals surface area (Å²) in [7, 11) is 0. The fourth-order valence-electron chi connectivity index (χ4n) is 1.70. The zero-order chi connectivity index (χ0) is 10.7. The highest BCUT2D eigenvalue weighted by molar-refractivity contribution is 7.17. The molecular formula is C13H15NS. The molecule has 1 aromatic heterocycles. The van der Waals surface area contributed by atoms with Gasteiger partial charge in [0, 0.05) is 17.3 Å². The van der Waals surface area contributed by atoms with Gasteiger partial charge in [-0.15, -0.1) is 17.9 Å². The van der Waals surface area contributed by atoms with Gasteiger partial charge in [0.2, 0.25) is 0 Å². The Hall–Kier alpha value is -1.12. The average Bonchev–Trinajstić information content (AvgIpc) is 2.69. The van der Waals surface area contributed by atoms with Gasteiger partial charge < -0.3 is 5.32 Å². The first-order chi connectivity index (χ1) is 7.33. The molecule has 0 fully saturated rings. The first-order valence-corrected chi connectivity index (χ1v) is 6.01. The Bertz CT molecular complexity index is 458. The van der Waals surface area contributed by atoms with Crippen LogP contribution in [0.2, 0.25) is 0 Å². The van der Waals surface area contributed by atoms with Crippen molar-refractivity contribution in [1.82, 2.24) is 5.32 Å². The molecule has 1 unspecified atom stereocenters. The molecule has 0 aliphatic rings. The third-order valence-electron chi connectivity index (χ3n) is 2.55. The molecule has 1 nitrogen and oxygen atoms in total. The van der Waals surface area contributed by atoms with Crippen LogP contribution in [0.1, 0.15) is 18.5 Å². The lowest BCUT2D eigenvalue weighted by atomic mass is 10.1. The van der Waals surface area contributed by atoms with Crippen LogP contribution < -0.4 is 5.32 Å². The third kappa shape index (κ3) is 2.11. The summed E-state index contributed by atoms with van der Waals surface area (Å²) in [5.41, 5.74) is 1.39. The smallest absolute Gasteiger partial charge is 0.0346 e. The molecule has 15 heavy (non-hydrogen) atoms. The normalized spacial score (nSPS) is 12.9. The summed E-state index contributed by atoms with van der Waals surface area (Å²) in [4.78, 5) is 0. The van der Waals surface area contributed by atoms with Crippen molar-refractivity contribution in [2.24, 2.45) is 0 Å². The zero-order valence-corrected chi connectivity index (χ0v) is 9.68. The van der Waals surface area contributed by atoms with E-state index in [1.807, 2.05) is 17.4 Å². The lowest BCUT2D eigenvalue weighted by molar-refractivity contribution is 0.623. The van der Waals surface area contributed by atoms with E-state index in [0.717, 1.165) is 6.54 Å². The van der Waals surface area contributed by atoms with Crippen LogP contribution in [0.4, 0.5) is 0 Å². The van der Waals surface area contributed by atoms with Crippen molar-refractivity contribution in [2.75, 3.05) is 6.54 Å². The van der Waals surface area contributed by atoms with E-state index in [4.69, 9.17) is 0 Å². The van der Waals surface area contributed by atoms with Gasteiger partial charge in [-0.2, -0.15) is 0 Å². The fraction of sp³-hybridized carbons (Fsp3) is 0.231. The minimum atomic E-state index is 0.388. The molecular weight excluding hydrogens is 202 g/mol. The van der Waals surface area contributed by atoms with E-state index >= 15 is 0 Å². The minimum absolute atomic E-state index is 0.388. The van der Waals surface area contributed by atoms with Crippen molar-refractivity contribution in [3.05, 3.63) is 47.9 Å².